The average molecular weight is 741 g/mol. The second-order valence-electron chi connectivity index (χ2n) is 13.7. The maximum atomic E-state index is 6.30. The van der Waals surface area contributed by atoms with Crippen LogP contribution in [0.3, 0.4) is 0 Å². The largest absolute Gasteiger partial charge is 0.457 e. The molecule has 0 bridgehead atoms. The fourth-order valence-electron chi connectivity index (χ4n) is 7.32. The average Bonchev–Trinajstić information content (AvgIpc) is 3.56. The standard InChI is InChI=1S/C49H36N6O2/c50-35-13-17-37(18-14-35)52-54-39-21-29-43(30-22-39)56-41-25-9-33(10-26-41)49(47-7-3-1-5-45(47)46-6-2-4-8-48(46)49)34-11-27-42(28-12-34)57-44-31-23-40(24-32-44)55-53-38-19-15-36(51)16-20-38/h1-32H,50-51H2/b54-52+,55-53+. The third-order valence-electron chi connectivity index (χ3n) is 10.0. The van der Waals surface area contributed by atoms with Gasteiger partial charge in [-0.1, -0.05) is 72.8 Å². The van der Waals surface area contributed by atoms with Gasteiger partial charge in [0.15, 0.2) is 0 Å². The smallest absolute Gasteiger partial charge is 0.127 e. The van der Waals surface area contributed by atoms with E-state index in [1.165, 1.54) is 22.3 Å². The molecule has 0 saturated heterocycles. The SMILES string of the molecule is Nc1ccc(/N=N/c2ccc(Oc3ccc(C4(c5ccc(Oc6ccc(/N=N/c7ccc(N)cc7)cc6)cc5)c5ccccc5-c5ccccc54)cc3)cc2)cc1. The topological polar surface area (TPSA) is 120 Å². The van der Waals surface area contributed by atoms with Crippen LogP contribution in [0, 0.1) is 0 Å². The Hall–Kier alpha value is -7.84. The number of nitrogens with zero attached hydrogens (tertiary/aromatic N) is 4. The lowest BCUT2D eigenvalue weighted by atomic mass is 9.68. The van der Waals surface area contributed by atoms with E-state index in [1.807, 2.05) is 97.1 Å². The molecule has 1 aliphatic carbocycles. The molecule has 274 valence electrons. The Bertz CT molecular complexity index is 2520. The zero-order chi connectivity index (χ0) is 38.6. The van der Waals surface area contributed by atoms with Crippen molar-refractivity contribution in [1.29, 1.82) is 0 Å². The van der Waals surface area contributed by atoms with Crippen LogP contribution in [0.5, 0.6) is 23.0 Å². The van der Waals surface area contributed by atoms with Crippen molar-refractivity contribution < 1.29 is 9.47 Å². The zero-order valence-electron chi connectivity index (χ0n) is 30.7. The molecule has 0 aromatic heterocycles. The Labute approximate surface area is 330 Å². The third kappa shape index (κ3) is 7.11. The highest BCUT2D eigenvalue weighted by Crippen LogP contribution is 2.56. The number of rotatable bonds is 10. The molecule has 0 unspecified atom stereocenters. The van der Waals surface area contributed by atoms with Crippen molar-refractivity contribution in [2.75, 3.05) is 11.5 Å². The van der Waals surface area contributed by atoms with Crippen LogP contribution in [-0.4, -0.2) is 0 Å². The molecule has 1 aliphatic rings. The minimum atomic E-state index is -0.571. The number of benzene rings is 8. The summed E-state index contributed by atoms with van der Waals surface area (Å²) in [7, 11) is 0. The van der Waals surface area contributed by atoms with E-state index < -0.39 is 5.41 Å². The molecule has 0 fully saturated rings. The maximum absolute atomic E-state index is 6.30. The molecule has 0 aliphatic heterocycles. The second-order valence-corrected chi connectivity index (χ2v) is 13.7. The number of azo groups is 2. The van der Waals surface area contributed by atoms with E-state index in [1.54, 1.807) is 24.3 Å². The number of fused-ring (bicyclic) bond motifs is 3. The van der Waals surface area contributed by atoms with Gasteiger partial charge in [-0.3, -0.25) is 0 Å². The zero-order valence-corrected chi connectivity index (χ0v) is 30.7. The Balaban J connectivity index is 0.976. The molecule has 0 spiro atoms. The van der Waals surface area contributed by atoms with E-state index in [2.05, 4.69) is 93.3 Å². The van der Waals surface area contributed by atoms with Crippen molar-refractivity contribution in [1.82, 2.24) is 0 Å². The van der Waals surface area contributed by atoms with E-state index in [-0.39, 0.29) is 0 Å². The van der Waals surface area contributed by atoms with Crippen LogP contribution < -0.4 is 20.9 Å². The first kappa shape index (κ1) is 34.9. The molecule has 8 aromatic rings. The fourth-order valence-corrected chi connectivity index (χ4v) is 7.32. The van der Waals surface area contributed by atoms with Crippen molar-refractivity contribution in [2.45, 2.75) is 5.41 Å². The molecule has 0 amide bonds. The minimum Gasteiger partial charge on any atom is -0.457 e. The number of anilines is 2. The number of hydrogen-bond donors (Lipinski definition) is 2. The molecular formula is C49H36N6O2. The van der Waals surface area contributed by atoms with Gasteiger partial charge in [0.05, 0.1) is 28.2 Å². The molecule has 8 nitrogen and oxygen atoms in total. The molecular weight excluding hydrogens is 705 g/mol. The fraction of sp³-hybridized carbons (Fsp3) is 0.0204. The number of nitrogens with two attached hydrogens (primary N) is 2. The van der Waals surface area contributed by atoms with E-state index >= 15 is 0 Å². The quantitative estimate of drug-likeness (QED) is 0.107. The lowest BCUT2D eigenvalue weighted by Crippen LogP contribution is -2.28. The van der Waals surface area contributed by atoms with Crippen LogP contribution in [0.4, 0.5) is 34.1 Å². The molecule has 0 atom stereocenters. The molecule has 0 radical (unpaired) electrons. The van der Waals surface area contributed by atoms with Gasteiger partial charge in [0.25, 0.3) is 0 Å². The Morgan fingerprint density at radius 1 is 0.316 bits per heavy atom. The van der Waals surface area contributed by atoms with Gasteiger partial charge in [-0.05, 0) is 155 Å². The van der Waals surface area contributed by atoms with E-state index in [0.717, 1.165) is 45.4 Å². The highest BCUT2D eigenvalue weighted by molar-refractivity contribution is 5.86. The van der Waals surface area contributed by atoms with Gasteiger partial charge in [0.1, 0.15) is 23.0 Å². The van der Waals surface area contributed by atoms with E-state index in [9.17, 15) is 0 Å². The highest BCUT2D eigenvalue weighted by atomic mass is 16.5. The summed E-state index contributed by atoms with van der Waals surface area (Å²) in [6, 6.07) is 63.8. The molecule has 9 rings (SSSR count). The summed E-state index contributed by atoms with van der Waals surface area (Å²) >= 11 is 0. The van der Waals surface area contributed by atoms with Crippen LogP contribution in [-0.2, 0) is 5.41 Å². The predicted molar refractivity (Wildman–Crippen MR) is 227 cm³/mol. The Morgan fingerprint density at radius 3 is 0.930 bits per heavy atom. The van der Waals surface area contributed by atoms with Crippen LogP contribution in [0.2, 0.25) is 0 Å². The van der Waals surface area contributed by atoms with Gasteiger partial charge < -0.3 is 20.9 Å². The van der Waals surface area contributed by atoms with Crippen molar-refractivity contribution in [3.8, 4) is 34.1 Å². The lowest BCUT2D eigenvalue weighted by Gasteiger charge is -2.34. The summed E-state index contributed by atoms with van der Waals surface area (Å²) in [4.78, 5) is 0. The lowest BCUT2D eigenvalue weighted by molar-refractivity contribution is 0.482. The Morgan fingerprint density at radius 2 is 0.596 bits per heavy atom. The van der Waals surface area contributed by atoms with E-state index in [4.69, 9.17) is 20.9 Å². The molecule has 0 saturated carbocycles. The third-order valence-corrected chi connectivity index (χ3v) is 10.0. The molecule has 8 aromatic carbocycles. The van der Waals surface area contributed by atoms with Crippen LogP contribution in [0.1, 0.15) is 22.3 Å². The van der Waals surface area contributed by atoms with Crippen molar-refractivity contribution >= 4 is 34.1 Å². The summed E-state index contributed by atoms with van der Waals surface area (Å²) in [5.41, 5.74) is 22.4. The summed E-state index contributed by atoms with van der Waals surface area (Å²) in [5, 5.41) is 17.3. The number of nitrogen functional groups attached to an aromatic ring is 2. The Kier molecular flexibility index (Phi) is 9.26. The molecule has 0 heterocycles. The highest BCUT2D eigenvalue weighted by Gasteiger charge is 2.45. The minimum absolute atomic E-state index is 0.571. The molecule has 57 heavy (non-hydrogen) atoms. The van der Waals surface area contributed by atoms with Gasteiger partial charge in [-0.2, -0.15) is 20.5 Å². The first-order valence-corrected chi connectivity index (χ1v) is 18.5. The maximum Gasteiger partial charge on any atom is 0.127 e. The summed E-state index contributed by atoms with van der Waals surface area (Å²) in [5.74, 6) is 2.86. The number of hydrogen-bond acceptors (Lipinski definition) is 8. The van der Waals surface area contributed by atoms with E-state index in [0.29, 0.717) is 22.9 Å². The normalized spacial score (nSPS) is 12.7. The molecule has 4 N–H and O–H groups in total. The van der Waals surface area contributed by atoms with Gasteiger partial charge in [-0.25, -0.2) is 0 Å². The van der Waals surface area contributed by atoms with Crippen LogP contribution in [0.15, 0.2) is 215 Å². The summed E-state index contributed by atoms with van der Waals surface area (Å²) < 4.78 is 12.6. The molecule has 8 heteroatoms. The monoisotopic (exact) mass is 740 g/mol. The van der Waals surface area contributed by atoms with Crippen LogP contribution >= 0.6 is 0 Å². The van der Waals surface area contributed by atoms with Gasteiger partial charge >= 0.3 is 0 Å². The second kappa shape index (κ2) is 15.1. The van der Waals surface area contributed by atoms with Crippen LogP contribution in [0.25, 0.3) is 11.1 Å². The van der Waals surface area contributed by atoms with Crippen molar-refractivity contribution in [3.05, 3.63) is 216 Å². The van der Waals surface area contributed by atoms with Gasteiger partial charge in [-0.15, -0.1) is 0 Å². The number of ether oxygens (including phenoxy) is 2. The predicted octanol–water partition coefficient (Wildman–Crippen LogP) is 13.6. The first-order chi connectivity index (χ1) is 28.0. The van der Waals surface area contributed by atoms with Gasteiger partial charge in [0.2, 0.25) is 0 Å². The van der Waals surface area contributed by atoms with Crippen molar-refractivity contribution in [2.24, 2.45) is 20.5 Å². The summed E-state index contributed by atoms with van der Waals surface area (Å²) in [6.07, 6.45) is 0. The first-order valence-electron chi connectivity index (χ1n) is 18.5. The van der Waals surface area contributed by atoms with Gasteiger partial charge in [0, 0.05) is 11.4 Å². The summed E-state index contributed by atoms with van der Waals surface area (Å²) in [6.45, 7) is 0. The van der Waals surface area contributed by atoms with Crippen molar-refractivity contribution in [3.63, 3.8) is 0 Å².